The van der Waals surface area contributed by atoms with Crippen molar-refractivity contribution in [1.82, 2.24) is 0 Å². The highest BCUT2D eigenvalue weighted by atomic mass is 79.9. The Morgan fingerprint density at radius 3 is 2.79 bits per heavy atom. The van der Waals surface area contributed by atoms with Gasteiger partial charge in [0.25, 0.3) is 0 Å². The molecule has 4 heteroatoms. The fraction of sp³-hybridized carbons (Fsp3) is 0.267. The summed E-state index contributed by atoms with van der Waals surface area (Å²) >= 11 is 5.20. The van der Waals surface area contributed by atoms with Crippen LogP contribution in [0.1, 0.15) is 28.8 Å². The maximum Gasteiger partial charge on any atom is 0.151 e. The van der Waals surface area contributed by atoms with Crippen molar-refractivity contribution in [1.29, 1.82) is 0 Å². The first-order valence-corrected chi connectivity index (χ1v) is 8.04. The average Bonchev–Trinajstić information content (AvgIpc) is 3.13. The van der Waals surface area contributed by atoms with Crippen LogP contribution in [0.5, 0.6) is 0 Å². The number of hydrogen-bond acceptors (Lipinski definition) is 3. The molecule has 1 fully saturated rings. The predicted molar refractivity (Wildman–Crippen MR) is 83.1 cm³/mol. The first-order chi connectivity index (χ1) is 9.28. The molecule has 3 rings (SSSR count). The van der Waals surface area contributed by atoms with Gasteiger partial charge in [0.2, 0.25) is 0 Å². The summed E-state index contributed by atoms with van der Waals surface area (Å²) in [4.78, 5) is 13.3. The maximum atomic E-state index is 10.9. The van der Waals surface area contributed by atoms with Crippen LogP contribution in [-0.4, -0.2) is 12.3 Å². The Morgan fingerprint density at radius 1 is 1.37 bits per heavy atom. The molecule has 98 valence electrons. The number of carbonyl (C=O) groups excluding carboxylic acids is 1. The summed E-state index contributed by atoms with van der Waals surface area (Å²) in [7, 11) is 0. The van der Waals surface area contributed by atoms with E-state index in [9.17, 15) is 4.79 Å². The molecule has 1 aliphatic rings. The van der Waals surface area contributed by atoms with E-state index in [1.807, 2.05) is 12.1 Å². The van der Waals surface area contributed by atoms with Gasteiger partial charge in [0.05, 0.1) is 0 Å². The summed E-state index contributed by atoms with van der Waals surface area (Å²) in [5.74, 6) is 0. The molecule has 19 heavy (non-hydrogen) atoms. The van der Waals surface area contributed by atoms with Crippen LogP contribution in [0.15, 0.2) is 39.5 Å². The molecule has 2 nitrogen and oxygen atoms in total. The number of hydrogen-bond donors (Lipinski definition) is 0. The number of nitrogens with zero attached hydrogens (tertiary/aromatic N) is 1. The molecule has 1 saturated carbocycles. The van der Waals surface area contributed by atoms with Crippen molar-refractivity contribution >= 4 is 39.2 Å². The summed E-state index contributed by atoms with van der Waals surface area (Å²) < 4.78 is 0.871. The maximum absolute atomic E-state index is 10.9. The van der Waals surface area contributed by atoms with Crippen molar-refractivity contribution in [2.45, 2.75) is 25.4 Å². The summed E-state index contributed by atoms with van der Waals surface area (Å²) in [5, 5.41) is 4.32. The van der Waals surface area contributed by atoms with Gasteiger partial charge in [-0.05, 0) is 69.4 Å². The minimum atomic E-state index is 0.647. The van der Waals surface area contributed by atoms with Gasteiger partial charge in [0, 0.05) is 28.3 Å². The minimum absolute atomic E-state index is 0.647. The van der Waals surface area contributed by atoms with Gasteiger partial charge in [-0.1, -0.05) is 0 Å². The number of anilines is 1. The lowest BCUT2D eigenvalue weighted by Crippen LogP contribution is -2.24. The smallest absolute Gasteiger partial charge is 0.151 e. The number of halogens is 1. The molecular formula is C15H14BrNOS. The normalized spacial score (nSPS) is 14.4. The molecule has 1 aliphatic carbocycles. The number of thiophene rings is 1. The SMILES string of the molecule is O=Cc1ccc(N(Cc2ccsc2)C2CC2)cc1Br. The number of carbonyl (C=O) groups is 1. The Balaban J connectivity index is 1.87. The van der Waals surface area contributed by atoms with E-state index in [2.05, 4.69) is 43.7 Å². The molecule has 0 aliphatic heterocycles. The van der Waals surface area contributed by atoms with Crippen LogP contribution in [0, 0.1) is 0 Å². The second-order valence-corrected chi connectivity index (χ2v) is 6.45. The van der Waals surface area contributed by atoms with Crippen LogP contribution in [-0.2, 0) is 6.54 Å². The molecule has 1 aromatic carbocycles. The third kappa shape index (κ3) is 2.90. The van der Waals surface area contributed by atoms with Gasteiger partial charge < -0.3 is 4.90 Å². The van der Waals surface area contributed by atoms with Crippen molar-refractivity contribution in [3.05, 3.63) is 50.6 Å². The molecule has 0 atom stereocenters. The highest BCUT2D eigenvalue weighted by Crippen LogP contribution is 2.35. The van der Waals surface area contributed by atoms with Crippen molar-refractivity contribution in [2.75, 3.05) is 4.90 Å². The summed E-state index contributed by atoms with van der Waals surface area (Å²) in [6.07, 6.45) is 3.41. The van der Waals surface area contributed by atoms with E-state index in [0.29, 0.717) is 11.6 Å². The molecule has 0 saturated heterocycles. The number of rotatable bonds is 5. The lowest BCUT2D eigenvalue weighted by Gasteiger charge is -2.24. The molecular weight excluding hydrogens is 322 g/mol. The van der Waals surface area contributed by atoms with E-state index in [0.717, 1.165) is 17.3 Å². The standard InChI is InChI=1S/C15H14BrNOS/c16-15-7-14(2-1-12(15)9-18)17(13-3-4-13)8-11-5-6-19-10-11/h1-2,5-7,9-10,13H,3-4,8H2. The Kier molecular flexibility index (Phi) is 3.71. The van der Waals surface area contributed by atoms with Gasteiger partial charge in [0.1, 0.15) is 0 Å². The molecule has 1 heterocycles. The molecule has 1 aromatic heterocycles. The van der Waals surface area contributed by atoms with E-state index in [1.54, 1.807) is 11.3 Å². The monoisotopic (exact) mass is 335 g/mol. The average molecular weight is 336 g/mol. The number of aldehydes is 1. The van der Waals surface area contributed by atoms with Crippen LogP contribution in [0.4, 0.5) is 5.69 Å². The molecule has 2 aromatic rings. The third-order valence-electron chi connectivity index (χ3n) is 3.36. The van der Waals surface area contributed by atoms with Crippen molar-refractivity contribution in [3.63, 3.8) is 0 Å². The summed E-state index contributed by atoms with van der Waals surface area (Å²) in [5.41, 5.74) is 3.24. The van der Waals surface area contributed by atoms with Crippen LogP contribution in [0.25, 0.3) is 0 Å². The van der Waals surface area contributed by atoms with Gasteiger partial charge >= 0.3 is 0 Å². The molecule has 0 bridgehead atoms. The molecule has 0 unspecified atom stereocenters. The Bertz CT molecular complexity index is 578. The molecule has 0 radical (unpaired) electrons. The minimum Gasteiger partial charge on any atom is -0.364 e. The van der Waals surface area contributed by atoms with Crippen molar-refractivity contribution < 1.29 is 4.79 Å². The second-order valence-electron chi connectivity index (χ2n) is 4.81. The van der Waals surface area contributed by atoms with E-state index in [1.165, 1.54) is 24.1 Å². The van der Waals surface area contributed by atoms with Crippen LogP contribution in [0.2, 0.25) is 0 Å². The Morgan fingerprint density at radius 2 is 2.21 bits per heavy atom. The topological polar surface area (TPSA) is 20.3 Å². The molecule has 0 amide bonds. The van der Waals surface area contributed by atoms with Gasteiger partial charge in [-0.15, -0.1) is 0 Å². The van der Waals surface area contributed by atoms with E-state index < -0.39 is 0 Å². The van der Waals surface area contributed by atoms with E-state index >= 15 is 0 Å². The molecule has 0 N–H and O–H groups in total. The van der Waals surface area contributed by atoms with Gasteiger partial charge in [-0.2, -0.15) is 11.3 Å². The first kappa shape index (κ1) is 12.9. The lowest BCUT2D eigenvalue weighted by atomic mass is 10.2. The van der Waals surface area contributed by atoms with Gasteiger partial charge in [-0.25, -0.2) is 0 Å². The first-order valence-electron chi connectivity index (χ1n) is 6.30. The highest BCUT2D eigenvalue weighted by molar-refractivity contribution is 9.10. The third-order valence-corrected chi connectivity index (χ3v) is 4.78. The van der Waals surface area contributed by atoms with Crippen molar-refractivity contribution in [2.24, 2.45) is 0 Å². The second kappa shape index (κ2) is 5.47. The zero-order valence-electron chi connectivity index (χ0n) is 10.4. The highest BCUT2D eigenvalue weighted by Gasteiger charge is 2.29. The number of benzene rings is 1. The largest absolute Gasteiger partial charge is 0.364 e. The molecule has 0 spiro atoms. The van der Waals surface area contributed by atoms with Crippen LogP contribution in [0.3, 0.4) is 0 Å². The fourth-order valence-corrected chi connectivity index (χ4v) is 3.31. The van der Waals surface area contributed by atoms with Crippen LogP contribution < -0.4 is 4.90 Å². The zero-order chi connectivity index (χ0) is 13.2. The Labute approximate surface area is 125 Å². The summed E-state index contributed by atoms with van der Waals surface area (Å²) in [6.45, 7) is 0.945. The van der Waals surface area contributed by atoms with Gasteiger partial charge in [-0.3, -0.25) is 4.79 Å². The van der Waals surface area contributed by atoms with Crippen molar-refractivity contribution in [3.8, 4) is 0 Å². The Hall–Kier alpha value is -1.13. The quantitative estimate of drug-likeness (QED) is 0.750. The van der Waals surface area contributed by atoms with Crippen LogP contribution >= 0.6 is 27.3 Å². The fourth-order valence-electron chi connectivity index (χ4n) is 2.19. The van der Waals surface area contributed by atoms with Gasteiger partial charge in [0.15, 0.2) is 6.29 Å². The van der Waals surface area contributed by atoms with E-state index in [-0.39, 0.29) is 0 Å². The predicted octanol–water partition coefficient (Wildman–Crippen LogP) is 4.49. The lowest BCUT2D eigenvalue weighted by molar-refractivity contribution is 0.112. The zero-order valence-corrected chi connectivity index (χ0v) is 12.8. The van der Waals surface area contributed by atoms with E-state index in [4.69, 9.17) is 0 Å². The summed E-state index contributed by atoms with van der Waals surface area (Å²) in [6, 6.07) is 8.80.